The Bertz CT molecular complexity index is 819. The van der Waals surface area contributed by atoms with Crippen LogP contribution in [0, 0.1) is 17.7 Å². The van der Waals surface area contributed by atoms with Crippen LogP contribution in [0.4, 0.5) is 10.1 Å². The molecular weight excluding hydrogens is 269 g/mol. The lowest BCUT2D eigenvalue weighted by Crippen LogP contribution is -2.25. The first-order valence-electron chi connectivity index (χ1n) is 7.34. The molecule has 0 fully saturated rings. The number of halogens is 1. The first-order valence-corrected chi connectivity index (χ1v) is 7.34. The van der Waals surface area contributed by atoms with Gasteiger partial charge in [-0.15, -0.1) is 5.10 Å². The predicted octanol–water partition coefficient (Wildman–Crippen LogP) is 2.81. The molecule has 1 aromatic heterocycles. The normalized spacial score (nSPS) is 22.7. The van der Waals surface area contributed by atoms with Crippen molar-refractivity contribution in [2.24, 2.45) is 11.8 Å². The molecule has 2 unspecified atom stereocenters. The van der Waals surface area contributed by atoms with Crippen LogP contribution in [0.2, 0.25) is 0 Å². The minimum absolute atomic E-state index is 0.113. The van der Waals surface area contributed by atoms with E-state index in [2.05, 4.69) is 29.4 Å². The van der Waals surface area contributed by atoms with Crippen molar-refractivity contribution in [1.82, 2.24) is 10.2 Å². The number of nitrogens with one attached hydrogen (secondary N) is 1. The van der Waals surface area contributed by atoms with Crippen molar-refractivity contribution in [2.45, 2.75) is 32.7 Å². The Hall–Kier alpha value is -2.04. The van der Waals surface area contributed by atoms with E-state index in [1.54, 1.807) is 0 Å². The molecule has 2 atom stereocenters. The maximum Gasteiger partial charge on any atom is 0.296 e. The van der Waals surface area contributed by atoms with Gasteiger partial charge in [-0.25, -0.2) is 4.39 Å². The van der Waals surface area contributed by atoms with Gasteiger partial charge in [0.1, 0.15) is 5.82 Å². The van der Waals surface area contributed by atoms with E-state index in [9.17, 15) is 9.18 Å². The molecule has 2 aromatic rings. The maximum atomic E-state index is 13.7. The molecule has 108 valence electrons. The van der Waals surface area contributed by atoms with E-state index in [0.29, 0.717) is 22.9 Å². The minimum Gasteiger partial charge on any atom is -0.378 e. The van der Waals surface area contributed by atoms with Crippen LogP contribution in [-0.2, 0) is 6.42 Å². The number of rotatable bonds is 1. The zero-order valence-corrected chi connectivity index (χ0v) is 12.0. The number of hydrogen-bond acceptors (Lipinski definition) is 4. The summed E-state index contributed by atoms with van der Waals surface area (Å²) in [5.74, 6) is 0.619. The van der Waals surface area contributed by atoms with E-state index in [4.69, 9.17) is 0 Å². The molecule has 1 aliphatic heterocycles. The van der Waals surface area contributed by atoms with Crippen LogP contribution in [0.15, 0.2) is 16.9 Å². The van der Waals surface area contributed by atoms with Gasteiger partial charge in [0.2, 0.25) is 0 Å². The molecule has 2 heterocycles. The van der Waals surface area contributed by atoms with Crippen LogP contribution in [-0.4, -0.2) is 10.2 Å². The molecule has 0 amide bonds. The van der Waals surface area contributed by atoms with Crippen LogP contribution < -0.4 is 10.9 Å². The molecule has 0 bridgehead atoms. The average Bonchev–Trinajstić information content (AvgIpc) is 2.73. The fourth-order valence-electron chi connectivity index (χ4n) is 3.64. The lowest BCUT2D eigenvalue weighted by atomic mass is 9.78. The summed E-state index contributed by atoms with van der Waals surface area (Å²) < 4.78 is 13.7. The second kappa shape index (κ2) is 4.23. The van der Waals surface area contributed by atoms with Crippen molar-refractivity contribution in [2.75, 3.05) is 5.32 Å². The van der Waals surface area contributed by atoms with E-state index in [1.165, 1.54) is 12.1 Å². The number of aromatic nitrogens is 2. The summed E-state index contributed by atoms with van der Waals surface area (Å²) in [6, 6.07) is 2.85. The molecule has 4 nitrogen and oxygen atoms in total. The molecule has 0 radical (unpaired) electrons. The third-order valence-electron chi connectivity index (χ3n) is 4.79. The maximum absolute atomic E-state index is 13.7. The Morgan fingerprint density at radius 2 is 2.14 bits per heavy atom. The lowest BCUT2D eigenvalue weighted by molar-refractivity contribution is 0.320. The van der Waals surface area contributed by atoms with Gasteiger partial charge in [-0.2, -0.15) is 5.10 Å². The monoisotopic (exact) mass is 285 g/mol. The predicted molar refractivity (Wildman–Crippen MR) is 78.8 cm³/mol. The smallest absolute Gasteiger partial charge is 0.296 e. The van der Waals surface area contributed by atoms with Crippen molar-refractivity contribution in [3.8, 4) is 0 Å². The standard InChI is InChI=1S/C16H16FN3O/c1-7(2)8-3-11-15-13(4-8)19-20-16(21)10-5-9(17)6-12(18-11)14(10)15/h5-8,11,18H,3-4H2,1-2H3. The number of nitrogens with zero attached hydrogens (tertiary/aromatic N) is 2. The second-order valence-corrected chi connectivity index (χ2v) is 6.38. The summed E-state index contributed by atoms with van der Waals surface area (Å²) in [5, 5.41) is 12.5. The van der Waals surface area contributed by atoms with Crippen LogP contribution in [0.25, 0.3) is 10.8 Å². The Labute approximate surface area is 121 Å². The summed E-state index contributed by atoms with van der Waals surface area (Å²) in [7, 11) is 0. The Morgan fingerprint density at radius 1 is 1.33 bits per heavy atom. The molecule has 21 heavy (non-hydrogen) atoms. The SMILES string of the molecule is CC(C)C1Cc2nnc(=O)c3cc(F)cc4c3c2C(C1)N4. The molecular formula is C16H16FN3O. The van der Waals surface area contributed by atoms with Crippen molar-refractivity contribution in [3.05, 3.63) is 39.6 Å². The molecule has 5 heteroatoms. The van der Waals surface area contributed by atoms with Crippen molar-refractivity contribution in [1.29, 1.82) is 0 Å². The number of anilines is 1. The topological polar surface area (TPSA) is 54.9 Å². The summed E-state index contributed by atoms with van der Waals surface area (Å²) >= 11 is 0. The number of hydrogen-bond donors (Lipinski definition) is 1. The Morgan fingerprint density at radius 3 is 2.90 bits per heavy atom. The molecule has 1 aliphatic carbocycles. The zero-order chi connectivity index (χ0) is 14.7. The van der Waals surface area contributed by atoms with E-state index in [-0.39, 0.29) is 6.04 Å². The molecule has 1 aromatic carbocycles. The summed E-state index contributed by atoms with van der Waals surface area (Å²) in [4.78, 5) is 12.1. The fourth-order valence-corrected chi connectivity index (χ4v) is 3.64. The van der Waals surface area contributed by atoms with Crippen LogP contribution in [0.3, 0.4) is 0 Å². The van der Waals surface area contributed by atoms with Gasteiger partial charge in [0.25, 0.3) is 5.56 Å². The highest BCUT2D eigenvalue weighted by Crippen LogP contribution is 2.46. The van der Waals surface area contributed by atoms with Gasteiger partial charge in [-0.3, -0.25) is 4.79 Å². The molecule has 0 saturated carbocycles. The Balaban J connectivity index is 2.06. The third-order valence-corrected chi connectivity index (χ3v) is 4.79. The van der Waals surface area contributed by atoms with Gasteiger partial charge in [0.15, 0.2) is 0 Å². The summed E-state index contributed by atoms with van der Waals surface area (Å²) in [6.07, 6.45) is 1.81. The summed E-state index contributed by atoms with van der Waals surface area (Å²) in [5.41, 5.74) is 2.18. The van der Waals surface area contributed by atoms with E-state index in [0.717, 1.165) is 29.5 Å². The van der Waals surface area contributed by atoms with Crippen LogP contribution >= 0.6 is 0 Å². The first kappa shape index (κ1) is 12.7. The van der Waals surface area contributed by atoms with E-state index < -0.39 is 11.4 Å². The lowest BCUT2D eigenvalue weighted by Gasteiger charge is -2.30. The van der Waals surface area contributed by atoms with Gasteiger partial charge >= 0.3 is 0 Å². The van der Waals surface area contributed by atoms with Crippen molar-refractivity contribution in [3.63, 3.8) is 0 Å². The first-order chi connectivity index (χ1) is 10.0. The summed E-state index contributed by atoms with van der Waals surface area (Å²) in [6.45, 7) is 4.39. The van der Waals surface area contributed by atoms with E-state index in [1.807, 2.05) is 0 Å². The van der Waals surface area contributed by atoms with Gasteiger partial charge in [0.05, 0.1) is 17.1 Å². The van der Waals surface area contributed by atoms with Gasteiger partial charge < -0.3 is 5.32 Å². The molecule has 4 rings (SSSR count). The third kappa shape index (κ3) is 1.76. The van der Waals surface area contributed by atoms with Gasteiger partial charge in [0, 0.05) is 16.6 Å². The van der Waals surface area contributed by atoms with Crippen molar-refractivity contribution < 1.29 is 4.39 Å². The van der Waals surface area contributed by atoms with E-state index >= 15 is 0 Å². The van der Waals surface area contributed by atoms with Crippen LogP contribution in [0.5, 0.6) is 0 Å². The van der Waals surface area contributed by atoms with Gasteiger partial charge in [-0.05, 0) is 36.8 Å². The highest BCUT2D eigenvalue weighted by molar-refractivity contribution is 5.99. The Kier molecular flexibility index (Phi) is 2.55. The molecule has 1 N–H and O–H groups in total. The fraction of sp³-hybridized carbons (Fsp3) is 0.438. The molecule has 0 saturated heterocycles. The van der Waals surface area contributed by atoms with Crippen LogP contribution in [0.1, 0.15) is 37.6 Å². The largest absolute Gasteiger partial charge is 0.378 e. The minimum atomic E-state index is -0.455. The highest BCUT2D eigenvalue weighted by Gasteiger charge is 2.35. The second-order valence-electron chi connectivity index (χ2n) is 6.38. The average molecular weight is 285 g/mol. The zero-order valence-electron chi connectivity index (χ0n) is 12.0. The molecule has 0 spiro atoms. The van der Waals surface area contributed by atoms with Crippen molar-refractivity contribution >= 4 is 16.5 Å². The number of benzene rings is 1. The quantitative estimate of drug-likeness (QED) is 0.875. The van der Waals surface area contributed by atoms with Gasteiger partial charge in [-0.1, -0.05) is 13.8 Å². The molecule has 2 aliphatic rings. The highest BCUT2D eigenvalue weighted by atomic mass is 19.1.